The molecule has 0 heterocycles. The minimum Gasteiger partial charge on any atom is -0.300 e. The summed E-state index contributed by atoms with van der Waals surface area (Å²) in [6, 6.07) is 0. The van der Waals surface area contributed by atoms with Crippen LogP contribution in [0.4, 0.5) is 0 Å². The van der Waals surface area contributed by atoms with Crippen molar-refractivity contribution < 1.29 is 4.79 Å². The first-order valence-corrected chi connectivity index (χ1v) is 4.94. The number of carbonyl (C=O) groups excluding carboxylic acids is 1. The number of rotatable bonds is 1. The molecule has 0 aromatic carbocycles. The molecule has 0 amide bonds. The molecule has 1 fully saturated rings. The van der Waals surface area contributed by atoms with Crippen molar-refractivity contribution in [1.82, 2.24) is 0 Å². The van der Waals surface area contributed by atoms with E-state index < -0.39 is 0 Å². The highest BCUT2D eigenvalue weighted by Crippen LogP contribution is 2.43. The smallest absolute Gasteiger partial charge is 0.133 e. The maximum absolute atomic E-state index is 11.3. The molecule has 0 aromatic heterocycles. The number of allylic oxidation sites excluding steroid dienone is 2. The number of carbonyl (C=O) groups is 1. The Hall–Kier alpha value is -0.590. The van der Waals surface area contributed by atoms with Crippen molar-refractivity contribution in [2.24, 2.45) is 17.8 Å². The van der Waals surface area contributed by atoms with Gasteiger partial charge in [0.2, 0.25) is 0 Å². The molecule has 0 saturated heterocycles. The molecule has 3 unspecified atom stereocenters. The van der Waals surface area contributed by atoms with Gasteiger partial charge in [0.1, 0.15) is 5.78 Å². The van der Waals surface area contributed by atoms with Crippen LogP contribution in [0.3, 0.4) is 0 Å². The van der Waals surface area contributed by atoms with Crippen molar-refractivity contribution in [1.29, 1.82) is 0 Å². The molecule has 2 aliphatic rings. The summed E-state index contributed by atoms with van der Waals surface area (Å²) in [4.78, 5) is 11.3. The minimum atomic E-state index is 0.389. The summed E-state index contributed by atoms with van der Waals surface area (Å²) in [7, 11) is 0. The van der Waals surface area contributed by atoms with Crippen LogP contribution in [0.15, 0.2) is 12.2 Å². The zero-order chi connectivity index (χ0) is 8.55. The van der Waals surface area contributed by atoms with Crippen molar-refractivity contribution in [3.8, 4) is 0 Å². The van der Waals surface area contributed by atoms with E-state index in [1.807, 2.05) is 0 Å². The fourth-order valence-corrected chi connectivity index (χ4v) is 2.83. The zero-order valence-corrected chi connectivity index (χ0v) is 7.62. The van der Waals surface area contributed by atoms with E-state index >= 15 is 0 Å². The summed E-state index contributed by atoms with van der Waals surface area (Å²) in [5.74, 6) is 2.31. The Balaban J connectivity index is 2.11. The maximum atomic E-state index is 11.3. The molecule has 2 rings (SSSR count). The van der Waals surface area contributed by atoms with E-state index in [4.69, 9.17) is 0 Å². The summed E-state index contributed by atoms with van der Waals surface area (Å²) < 4.78 is 0. The zero-order valence-electron chi connectivity index (χ0n) is 7.62. The maximum Gasteiger partial charge on any atom is 0.133 e. The van der Waals surface area contributed by atoms with Crippen molar-refractivity contribution in [2.75, 3.05) is 0 Å². The highest BCUT2D eigenvalue weighted by atomic mass is 16.1. The van der Waals surface area contributed by atoms with Crippen LogP contribution in [-0.2, 0) is 4.79 Å². The molecule has 2 aliphatic carbocycles. The molecule has 0 bridgehead atoms. The van der Waals surface area contributed by atoms with Crippen LogP contribution in [0.1, 0.15) is 32.6 Å². The Morgan fingerprint density at radius 3 is 2.75 bits per heavy atom. The Morgan fingerprint density at radius 1 is 1.25 bits per heavy atom. The highest BCUT2D eigenvalue weighted by Gasteiger charge is 2.37. The number of hydrogen-bond acceptors (Lipinski definition) is 1. The quantitative estimate of drug-likeness (QED) is 0.544. The van der Waals surface area contributed by atoms with Gasteiger partial charge in [0, 0.05) is 5.92 Å². The Labute approximate surface area is 73.8 Å². The lowest BCUT2D eigenvalue weighted by molar-refractivity contribution is -0.121. The van der Waals surface area contributed by atoms with Gasteiger partial charge in [-0.3, -0.25) is 4.79 Å². The average molecular weight is 164 g/mol. The van der Waals surface area contributed by atoms with Gasteiger partial charge in [-0.15, -0.1) is 0 Å². The molecule has 0 aromatic rings. The molecule has 0 N–H and O–H groups in total. The topological polar surface area (TPSA) is 17.1 Å². The minimum absolute atomic E-state index is 0.389. The third-order valence-electron chi connectivity index (χ3n) is 3.51. The van der Waals surface area contributed by atoms with Gasteiger partial charge in [-0.25, -0.2) is 0 Å². The fraction of sp³-hybridized carbons (Fsp3) is 0.727. The number of Topliss-reactive ketones (excluding diaryl/α,β-unsaturated/α-hetero) is 1. The molecule has 3 atom stereocenters. The van der Waals surface area contributed by atoms with E-state index in [-0.39, 0.29) is 0 Å². The normalized spacial score (nSPS) is 39.6. The summed E-state index contributed by atoms with van der Waals surface area (Å²) in [5.41, 5.74) is 0. The van der Waals surface area contributed by atoms with E-state index in [1.54, 1.807) is 6.92 Å². The van der Waals surface area contributed by atoms with Crippen LogP contribution < -0.4 is 0 Å². The molecule has 1 heteroatoms. The van der Waals surface area contributed by atoms with Gasteiger partial charge in [-0.2, -0.15) is 0 Å². The van der Waals surface area contributed by atoms with Gasteiger partial charge in [0.05, 0.1) is 0 Å². The highest BCUT2D eigenvalue weighted by molar-refractivity contribution is 5.79. The second-order valence-electron chi connectivity index (χ2n) is 4.16. The predicted octanol–water partition coefficient (Wildman–Crippen LogP) is 2.57. The third kappa shape index (κ3) is 1.21. The summed E-state index contributed by atoms with van der Waals surface area (Å²) in [5, 5.41) is 0. The van der Waals surface area contributed by atoms with Crippen LogP contribution in [0.25, 0.3) is 0 Å². The lowest BCUT2D eigenvalue weighted by Crippen LogP contribution is -2.21. The van der Waals surface area contributed by atoms with Crippen LogP contribution in [-0.4, -0.2) is 5.78 Å². The monoisotopic (exact) mass is 164 g/mol. The second-order valence-corrected chi connectivity index (χ2v) is 4.16. The molecule has 1 saturated carbocycles. The lowest BCUT2D eigenvalue weighted by Gasteiger charge is -2.24. The fourth-order valence-electron chi connectivity index (χ4n) is 2.83. The molecule has 0 spiro atoms. The molecule has 66 valence electrons. The van der Waals surface area contributed by atoms with Crippen LogP contribution >= 0.6 is 0 Å². The average Bonchev–Trinajstić information content (AvgIpc) is 2.47. The van der Waals surface area contributed by atoms with Gasteiger partial charge in [-0.05, 0) is 44.4 Å². The predicted molar refractivity (Wildman–Crippen MR) is 48.8 cm³/mol. The van der Waals surface area contributed by atoms with Crippen LogP contribution in [0.2, 0.25) is 0 Å². The summed E-state index contributed by atoms with van der Waals surface area (Å²) in [6.07, 6.45) is 9.32. The molecule has 0 radical (unpaired) electrons. The van der Waals surface area contributed by atoms with E-state index in [1.165, 1.54) is 12.8 Å². The van der Waals surface area contributed by atoms with Gasteiger partial charge in [0.25, 0.3) is 0 Å². The van der Waals surface area contributed by atoms with Crippen molar-refractivity contribution >= 4 is 5.78 Å². The van der Waals surface area contributed by atoms with Gasteiger partial charge in [-0.1, -0.05) is 12.2 Å². The number of fused-ring (bicyclic) bond motifs is 1. The lowest BCUT2D eigenvalue weighted by atomic mass is 9.80. The van der Waals surface area contributed by atoms with Crippen LogP contribution in [0.5, 0.6) is 0 Å². The SMILES string of the molecule is CC(=O)C1CCC2CC=CCC21. The first-order chi connectivity index (χ1) is 5.79. The van der Waals surface area contributed by atoms with Gasteiger partial charge >= 0.3 is 0 Å². The summed E-state index contributed by atoms with van der Waals surface area (Å²) in [6.45, 7) is 1.76. The van der Waals surface area contributed by atoms with Crippen molar-refractivity contribution in [2.45, 2.75) is 32.6 Å². The molecule has 1 nitrogen and oxygen atoms in total. The van der Waals surface area contributed by atoms with E-state index in [0.717, 1.165) is 18.8 Å². The number of ketones is 1. The Bertz CT molecular complexity index is 217. The van der Waals surface area contributed by atoms with Gasteiger partial charge < -0.3 is 0 Å². The Morgan fingerprint density at radius 2 is 2.00 bits per heavy atom. The van der Waals surface area contributed by atoms with Crippen molar-refractivity contribution in [3.63, 3.8) is 0 Å². The largest absolute Gasteiger partial charge is 0.300 e. The standard InChI is InChI=1S/C11H16O/c1-8(12)10-7-6-9-4-2-3-5-11(9)10/h2-3,9-11H,4-7H2,1H3. The van der Waals surface area contributed by atoms with Gasteiger partial charge in [0.15, 0.2) is 0 Å². The first kappa shape index (κ1) is 8.03. The number of hydrogen-bond donors (Lipinski definition) is 0. The molecule has 12 heavy (non-hydrogen) atoms. The third-order valence-corrected chi connectivity index (χ3v) is 3.51. The van der Waals surface area contributed by atoms with E-state index in [0.29, 0.717) is 17.6 Å². The Kier molecular flexibility index (Phi) is 2.03. The van der Waals surface area contributed by atoms with Crippen LogP contribution in [0, 0.1) is 17.8 Å². The molecular weight excluding hydrogens is 148 g/mol. The first-order valence-electron chi connectivity index (χ1n) is 4.94. The molecule has 0 aliphatic heterocycles. The molecular formula is C11H16O. The van der Waals surface area contributed by atoms with Crippen molar-refractivity contribution in [3.05, 3.63) is 12.2 Å². The van der Waals surface area contributed by atoms with E-state index in [9.17, 15) is 4.79 Å². The second kappa shape index (κ2) is 3.04. The summed E-state index contributed by atoms with van der Waals surface area (Å²) >= 11 is 0. The van der Waals surface area contributed by atoms with E-state index in [2.05, 4.69) is 12.2 Å².